The van der Waals surface area contributed by atoms with Gasteiger partial charge in [0.25, 0.3) is 11.8 Å². The highest BCUT2D eigenvalue weighted by Crippen LogP contribution is 2.34. The maximum absolute atomic E-state index is 15.6. The van der Waals surface area contributed by atoms with Crippen LogP contribution in [-0.2, 0) is 18.5 Å². The number of alkyl halides is 1. The second kappa shape index (κ2) is 9.78. The van der Waals surface area contributed by atoms with Crippen molar-refractivity contribution < 1.29 is 18.3 Å². The van der Waals surface area contributed by atoms with Crippen LogP contribution in [0.2, 0.25) is 0 Å². The molecule has 1 aromatic heterocycles. The van der Waals surface area contributed by atoms with Crippen molar-refractivity contribution in [3.8, 4) is 11.6 Å². The van der Waals surface area contributed by atoms with E-state index in [-0.39, 0.29) is 28.2 Å². The Kier molecular flexibility index (Phi) is 6.98. The first-order valence-electron chi connectivity index (χ1n) is 11.2. The van der Waals surface area contributed by atoms with Gasteiger partial charge in [0.2, 0.25) is 0 Å². The highest BCUT2D eigenvalue weighted by Gasteiger charge is 2.31. The van der Waals surface area contributed by atoms with E-state index in [4.69, 9.17) is 4.74 Å². The van der Waals surface area contributed by atoms with Crippen LogP contribution in [0.3, 0.4) is 0 Å². The first-order chi connectivity index (χ1) is 16.2. The minimum Gasteiger partial charge on any atom is -0.434 e. The van der Waals surface area contributed by atoms with Gasteiger partial charge in [-0.3, -0.25) is 4.79 Å². The number of benzene rings is 2. The summed E-state index contributed by atoms with van der Waals surface area (Å²) in [6.07, 6.45) is 3.14. The molecule has 3 aromatic rings. The first-order valence-corrected chi connectivity index (χ1v) is 12.0. The van der Waals surface area contributed by atoms with Crippen molar-refractivity contribution in [3.05, 3.63) is 80.2 Å². The van der Waals surface area contributed by atoms with E-state index in [2.05, 4.69) is 31.4 Å². The summed E-state index contributed by atoms with van der Waals surface area (Å²) in [5.41, 5.74) is 2.20. The number of aryl methyl sites for hydroxylation is 3. The van der Waals surface area contributed by atoms with E-state index < -0.39 is 17.4 Å². The van der Waals surface area contributed by atoms with Gasteiger partial charge in [-0.2, -0.15) is 5.10 Å². The van der Waals surface area contributed by atoms with Crippen LogP contribution >= 0.6 is 15.9 Å². The molecule has 5 nitrogen and oxygen atoms in total. The van der Waals surface area contributed by atoms with Gasteiger partial charge in [0.05, 0.1) is 16.7 Å². The Morgan fingerprint density at radius 3 is 2.71 bits per heavy atom. The minimum absolute atomic E-state index is 0.0842. The van der Waals surface area contributed by atoms with Crippen LogP contribution in [0.15, 0.2) is 40.9 Å². The van der Waals surface area contributed by atoms with E-state index in [9.17, 15) is 9.18 Å². The maximum Gasteiger partial charge on any atom is 0.257 e. The van der Waals surface area contributed by atoms with Crippen LogP contribution in [0.25, 0.3) is 0 Å². The van der Waals surface area contributed by atoms with Crippen LogP contribution in [0.4, 0.5) is 8.78 Å². The van der Waals surface area contributed by atoms with Crippen LogP contribution < -0.4 is 10.1 Å². The Balaban J connectivity index is 1.65. The van der Waals surface area contributed by atoms with Crippen molar-refractivity contribution in [2.45, 2.75) is 52.1 Å². The number of fused-ring (bicyclic) bond motifs is 1. The number of aromatic nitrogens is 2. The zero-order chi connectivity index (χ0) is 24.5. The Bertz CT molecular complexity index is 1250. The third-order valence-electron chi connectivity index (χ3n) is 6.09. The number of carbonyl (C=O) groups excluding carboxylic acids is 1. The third kappa shape index (κ3) is 4.97. The number of nitrogens with zero attached hydrogens (tertiary/aromatic N) is 2. The van der Waals surface area contributed by atoms with Gasteiger partial charge in [-0.25, -0.2) is 8.78 Å². The molecule has 0 saturated heterocycles. The second-order valence-corrected chi connectivity index (χ2v) is 9.72. The number of halogens is 3. The molecule has 1 unspecified atom stereocenters. The number of hydrogen-bond acceptors (Lipinski definition) is 4. The molecule has 0 bridgehead atoms. The average Bonchev–Trinajstić information content (AvgIpc) is 2.80. The van der Waals surface area contributed by atoms with Crippen molar-refractivity contribution in [1.29, 1.82) is 0 Å². The predicted molar refractivity (Wildman–Crippen MR) is 130 cm³/mol. The predicted octanol–water partition coefficient (Wildman–Crippen LogP) is 6.28. The number of rotatable bonds is 6. The monoisotopic (exact) mass is 529 g/mol. The van der Waals surface area contributed by atoms with Gasteiger partial charge in [-0.1, -0.05) is 29.8 Å². The number of ether oxygens (including phenoxy) is 1. The van der Waals surface area contributed by atoms with Gasteiger partial charge < -0.3 is 10.1 Å². The molecule has 0 fully saturated rings. The summed E-state index contributed by atoms with van der Waals surface area (Å²) in [5, 5.41) is 11.0. The molecule has 1 heterocycles. The number of amides is 1. The molecule has 4 rings (SSSR count). The molecule has 1 amide bonds. The lowest BCUT2D eigenvalue weighted by Gasteiger charge is -2.25. The lowest BCUT2D eigenvalue weighted by Crippen LogP contribution is -2.37. The zero-order valence-electron chi connectivity index (χ0n) is 19.3. The molecule has 1 aliphatic rings. The molecule has 1 N–H and O–H groups in total. The summed E-state index contributed by atoms with van der Waals surface area (Å²) >= 11 is 3.13. The highest BCUT2D eigenvalue weighted by molar-refractivity contribution is 9.10. The number of hydrogen-bond donors (Lipinski definition) is 1. The fourth-order valence-electron chi connectivity index (χ4n) is 4.35. The molecular formula is C26H26BrF2N3O2. The molecule has 34 heavy (non-hydrogen) atoms. The van der Waals surface area contributed by atoms with Gasteiger partial charge >= 0.3 is 0 Å². The summed E-state index contributed by atoms with van der Waals surface area (Å²) in [6.45, 7) is 5.00. The zero-order valence-corrected chi connectivity index (χ0v) is 20.9. The van der Waals surface area contributed by atoms with Crippen molar-refractivity contribution >= 4 is 21.8 Å². The topological polar surface area (TPSA) is 64.1 Å². The summed E-state index contributed by atoms with van der Waals surface area (Å²) in [5.74, 6) is -1.31. The van der Waals surface area contributed by atoms with Crippen LogP contribution in [0.5, 0.6) is 11.6 Å². The largest absolute Gasteiger partial charge is 0.434 e. The lowest BCUT2D eigenvalue weighted by atomic mass is 9.91. The molecule has 0 saturated carbocycles. The van der Waals surface area contributed by atoms with Gasteiger partial charge in [0, 0.05) is 0 Å². The molecule has 178 valence electrons. The smallest absolute Gasteiger partial charge is 0.257 e. The van der Waals surface area contributed by atoms with Crippen molar-refractivity contribution in [1.82, 2.24) is 15.5 Å². The molecule has 2 aromatic carbocycles. The third-order valence-corrected chi connectivity index (χ3v) is 6.70. The normalized spacial score (nSPS) is 14.8. The standard InChI is InChI=1S/C26H26BrF2N3O2/c1-15-11-12-18(16(2)13-15)26(3,29)14-30-24(33)22-17-7-4-5-9-20(17)31-32-25(22)34-21-10-6-8-19(27)23(21)28/h6,8,10-13H,4-5,7,9,14H2,1-3H3,(H,30,33). The molecule has 8 heteroatoms. The Hall–Kier alpha value is -2.87. The fraction of sp³-hybridized carbons (Fsp3) is 0.346. The lowest BCUT2D eigenvalue weighted by molar-refractivity contribution is 0.0905. The summed E-state index contributed by atoms with van der Waals surface area (Å²) < 4.78 is 36.1. The van der Waals surface area contributed by atoms with E-state index in [0.29, 0.717) is 18.4 Å². The number of carbonyl (C=O) groups is 1. The summed E-state index contributed by atoms with van der Waals surface area (Å²) in [6, 6.07) is 10.1. The van der Waals surface area contributed by atoms with Gasteiger partial charge in [-0.05, 0) is 91.2 Å². The Labute approximate surface area is 206 Å². The van der Waals surface area contributed by atoms with Crippen LogP contribution in [-0.4, -0.2) is 22.6 Å². The second-order valence-electron chi connectivity index (χ2n) is 8.87. The SMILES string of the molecule is Cc1ccc(C(C)(F)CNC(=O)c2c(Oc3cccc(Br)c3F)nnc3c2CCCC3)c(C)c1. The Morgan fingerprint density at radius 2 is 1.94 bits per heavy atom. The Morgan fingerprint density at radius 1 is 1.18 bits per heavy atom. The van der Waals surface area contributed by atoms with Crippen molar-refractivity contribution in [2.24, 2.45) is 0 Å². The first kappa shape index (κ1) is 24.3. The van der Waals surface area contributed by atoms with Gasteiger partial charge in [0.15, 0.2) is 17.2 Å². The van der Waals surface area contributed by atoms with E-state index >= 15 is 4.39 Å². The van der Waals surface area contributed by atoms with Crippen LogP contribution in [0, 0.1) is 19.7 Å². The van der Waals surface area contributed by atoms with Crippen molar-refractivity contribution in [3.63, 3.8) is 0 Å². The average molecular weight is 530 g/mol. The molecule has 0 radical (unpaired) electrons. The summed E-state index contributed by atoms with van der Waals surface area (Å²) in [4.78, 5) is 13.4. The quantitative estimate of drug-likeness (QED) is 0.408. The minimum atomic E-state index is -1.79. The molecule has 1 atom stereocenters. The van der Waals surface area contributed by atoms with E-state index in [1.165, 1.54) is 13.0 Å². The van der Waals surface area contributed by atoms with E-state index in [0.717, 1.165) is 35.2 Å². The van der Waals surface area contributed by atoms with Crippen molar-refractivity contribution in [2.75, 3.05) is 6.54 Å². The molecule has 0 aliphatic heterocycles. The number of nitrogens with one attached hydrogen (secondary N) is 1. The fourth-order valence-corrected chi connectivity index (χ4v) is 4.70. The maximum atomic E-state index is 15.6. The van der Waals surface area contributed by atoms with E-state index in [1.807, 2.05) is 26.0 Å². The molecule has 0 spiro atoms. The molecule has 1 aliphatic carbocycles. The van der Waals surface area contributed by atoms with Gasteiger partial charge in [-0.15, -0.1) is 5.10 Å². The van der Waals surface area contributed by atoms with Gasteiger partial charge in [0.1, 0.15) is 5.56 Å². The molecular weight excluding hydrogens is 504 g/mol. The van der Waals surface area contributed by atoms with Crippen LogP contribution in [0.1, 0.15) is 58.1 Å². The summed E-state index contributed by atoms with van der Waals surface area (Å²) in [7, 11) is 0. The highest BCUT2D eigenvalue weighted by atomic mass is 79.9. The van der Waals surface area contributed by atoms with E-state index in [1.54, 1.807) is 18.2 Å².